The Morgan fingerprint density at radius 3 is 2.64 bits per heavy atom. The summed E-state index contributed by atoms with van der Waals surface area (Å²) in [4.78, 5) is 18.1. The predicted octanol–water partition coefficient (Wildman–Crippen LogP) is 6.93. The fraction of sp³-hybridized carbons (Fsp3) is 0.250. The number of unbranched alkanes of at least 4 members (excludes halogenated alkanes) is 1. The van der Waals surface area contributed by atoms with Crippen LogP contribution in [0.2, 0.25) is 5.02 Å². The molecule has 36 heavy (non-hydrogen) atoms. The molecule has 0 atom stereocenters. The van der Waals surface area contributed by atoms with Crippen LogP contribution in [0.1, 0.15) is 42.3 Å². The van der Waals surface area contributed by atoms with E-state index in [0.717, 1.165) is 22.9 Å². The Morgan fingerprint density at radius 2 is 1.92 bits per heavy atom. The SMILES string of the molecule is CCCCc1nc2ccc(Br)cc2c(=O)n1N=Cc1cc(Cl)cc(OC)c1OCc1ccc(C)cc1. The third kappa shape index (κ3) is 5.97. The van der Waals surface area contributed by atoms with Crippen LogP contribution in [0.4, 0.5) is 0 Å². The Hall–Kier alpha value is -3.16. The third-order valence-corrected chi connectivity index (χ3v) is 6.43. The molecule has 0 unspecified atom stereocenters. The van der Waals surface area contributed by atoms with Crippen molar-refractivity contribution in [3.05, 3.63) is 97.0 Å². The van der Waals surface area contributed by atoms with Gasteiger partial charge in [0.2, 0.25) is 0 Å². The molecule has 0 saturated heterocycles. The highest BCUT2D eigenvalue weighted by Crippen LogP contribution is 2.34. The molecule has 3 aromatic carbocycles. The highest BCUT2D eigenvalue weighted by molar-refractivity contribution is 9.10. The zero-order chi connectivity index (χ0) is 25.7. The number of hydrogen-bond acceptors (Lipinski definition) is 5. The summed E-state index contributed by atoms with van der Waals surface area (Å²) in [5.41, 5.74) is 3.19. The average molecular weight is 569 g/mol. The van der Waals surface area contributed by atoms with Gasteiger partial charge in [-0.15, -0.1) is 0 Å². The molecule has 6 nitrogen and oxygen atoms in total. The zero-order valence-corrected chi connectivity index (χ0v) is 22.8. The highest BCUT2D eigenvalue weighted by atomic mass is 79.9. The van der Waals surface area contributed by atoms with Gasteiger partial charge in [0, 0.05) is 27.5 Å². The molecule has 0 saturated carbocycles. The summed E-state index contributed by atoms with van der Waals surface area (Å²) in [6.07, 6.45) is 4.06. The van der Waals surface area contributed by atoms with Gasteiger partial charge >= 0.3 is 0 Å². The molecular formula is C28H27BrClN3O3. The lowest BCUT2D eigenvalue weighted by Crippen LogP contribution is -2.22. The van der Waals surface area contributed by atoms with Crippen LogP contribution in [0.5, 0.6) is 11.5 Å². The van der Waals surface area contributed by atoms with E-state index in [2.05, 4.69) is 28.0 Å². The lowest BCUT2D eigenvalue weighted by Gasteiger charge is -2.14. The minimum Gasteiger partial charge on any atom is -0.493 e. The quantitative estimate of drug-likeness (QED) is 0.205. The van der Waals surface area contributed by atoms with Crippen LogP contribution < -0.4 is 15.0 Å². The second-order valence-corrected chi connectivity index (χ2v) is 9.81. The number of hydrogen-bond donors (Lipinski definition) is 0. The molecule has 186 valence electrons. The van der Waals surface area contributed by atoms with Gasteiger partial charge in [0.1, 0.15) is 12.4 Å². The maximum atomic E-state index is 13.4. The van der Waals surface area contributed by atoms with Crippen LogP contribution in [0.25, 0.3) is 10.9 Å². The van der Waals surface area contributed by atoms with E-state index < -0.39 is 0 Å². The second kappa shape index (κ2) is 11.7. The molecule has 0 N–H and O–H groups in total. The molecule has 1 aromatic heterocycles. The maximum absolute atomic E-state index is 13.4. The van der Waals surface area contributed by atoms with Crippen molar-refractivity contribution in [2.45, 2.75) is 39.7 Å². The number of methoxy groups -OCH3 is 1. The van der Waals surface area contributed by atoms with Gasteiger partial charge in [-0.1, -0.05) is 70.7 Å². The normalized spacial score (nSPS) is 11.4. The fourth-order valence-corrected chi connectivity index (χ4v) is 4.34. The first-order valence-corrected chi connectivity index (χ1v) is 12.9. The van der Waals surface area contributed by atoms with Gasteiger partial charge in [-0.05, 0) is 43.2 Å². The van der Waals surface area contributed by atoms with Crippen molar-refractivity contribution < 1.29 is 9.47 Å². The number of aromatic nitrogens is 2. The van der Waals surface area contributed by atoms with Crippen LogP contribution in [-0.2, 0) is 13.0 Å². The van der Waals surface area contributed by atoms with E-state index >= 15 is 0 Å². The Bertz CT molecular complexity index is 1470. The minimum atomic E-state index is -0.236. The summed E-state index contributed by atoms with van der Waals surface area (Å²) in [5.74, 6) is 1.57. The standard InChI is InChI=1S/C28H27BrClN3O3/c1-4-5-6-26-32-24-12-11-21(29)14-23(24)28(34)33(26)31-16-20-13-22(30)15-25(35-3)27(20)36-17-19-9-7-18(2)8-10-19/h7-16H,4-6,17H2,1-3H3. The van der Waals surface area contributed by atoms with Crippen molar-refractivity contribution in [2.75, 3.05) is 7.11 Å². The fourth-order valence-electron chi connectivity index (χ4n) is 3.76. The first-order chi connectivity index (χ1) is 17.4. The molecule has 0 fully saturated rings. The van der Waals surface area contributed by atoms with E-state index in [-0.39, 0.29) is 5.56 Å². The van der Waals surface area contributed by atoms with Gasteiger partial charge in [-0.2, -0.15) is 9.78 Å². The number of aryl methyl sites for hydroxylation is 2. The molecule has 0 aliphatic heterocycles. The summed E-state index contributed by atoms with van der Waals surface area (Å²) in [6.45, 7) is 4.48. The molecular weight excluding hydrogens is 542 g/mol. The molecule has 0 bridgehead atoms. The number of rotatable bonds is 9. The minimum absolute atomic E-state index is 0.236. The summed E-state index contributed by atoms with van der Waals surface area (Å²) in [7, 11) is 1.56. The van der Waals surface area contributed by atoms with E-state index in [0.29, 0.717) is 51.8 Å². The van der Waals surface area contributed by atoms with Crippen LogP contribution in [-0.4, -0.2) is 23.0 Å². The Morgan fingerprint density at radius 1 is 1.14 bits per heavy atom. The Balaban J connectivity index is 1.77. The second-order valence-electron chi connectivity index (χ2n) is 8.46. The number of ether oxygens (including phenoxy) is 2. The summed E-state index contributed by atoms with van der Waals surface area (Å²) >= 11 is 9.80. The van der Waals surface area contributed by atoms with E-state index in [4.69, 9.17) is 26.1 Å². The summed E-state index contributed by atoms with van der Waals surface area (Å²) < 4.78 is 13.9. The first kappa shape index (κ1) is 25.9. The van der Waals surface area contributed by atoms with Crippen molar-refractivity contribution >= 4 is 44.6 Å². The smallest absolute Gasteiger partial charge is 0.282 e. The maximum Gasteiger partial charge on any atom is 0.282 e. The number of halogens is 2. The molecule has 4 rings (SSSR count). The van der Waals surface area contributed by atoms with Gasteiger partial charge in [0.15, 0.2) is 11.5 Å². The van der Waals surface area contributed by atoms with Gasteiger partial charge in [0.25, 0.3) is 5.56 Å². The lowest BCUT2D eigenvalue weighted by atomic mass is 10.1. The van der Waals surface area contributed by atoms with Crippen LogP contribution in [0.3, 0.4) is 0 Å². The molecule has 0 aliphatic rings. The largest absolute Gasteiger partial charge is 0.493 e. The van der Waals surface area contributed by atoms with Crippen molar-refractivity contribution in [3.8, 4) is 11.5 Å². The topological polar surface area (TPSA) is 65.7 Å². The lowest BCUT2D eigenvalue weighted by molar-refractivity contribution is 0.284. The molecule has 0 amide bonds. The molecule has 8 heteroatoms. The van der Waals surface area contributed by atoms with E-state index in [1.54, 1.807) is 31.5 Å². The van der Waals surface area contributed by atoms with Crippen molar-refractivity contribution in [3.63, 3.8) is 0 Å². The number of benzene rings is 3. The van der Waals surface area contributed by atoms with E-state index in [1.807, 2.05) is 43.3 Å². The van der Waals surface area contributed by atoms with Gasteiger partial charge in [-0.25, -0.2) is 4.98 Å². The predicted molar refractivity (Wildman–Crippen MR) is 149 cm³/mol. The van der Waals surface area contributed by atoms with Crippen LogP contribution in [0, 0.1) is 6.92 Å². The zero-order valence-electron chi connectivity index (χ0n) is 20.4. The van der Waals surface area contributed by atoms with Gasteiger partial charge in [-0.3, -0.25) is 4.79 Å². The molecule has 1 heterocycles. The van der Waals surface area contributed by atoms with Gasteiger partial charge < -0.3 is 9.47 Å². The number of nitrogens with zero attached hydrogens (tertiary/aromatic N) is 3. The monoisotopic (exact) mass is 567 g/mol. The molecule has 4 aromatic rings. The van der Waals surface area contributed by atoms with Crippen LogP contribution >= 0.6 is 27.5 Å². The highest BCUT2D eigenvalue weighted by Gasteiger charge is 2.14. The number of fused-ring (bicyclic) bond motifs is 1. The first-order valence-electron chi connectivity index (χ1n) is 11.7. The third-order valence-electron chi connectivity index (χ3n) is 5.71. The summed E-state index contributed by atoms with van der Waals surface area (Å²) in [5, 5.41) is 5.51. The average Bonchev–Trinajstić information content (AvgIpc) is 2.87. The van der Waals surface area contributed by atoms with Crippen LogP contribution in [0.15, 0.2) is 69.0 Å². The Kier molecular flexibility index (Phi) is 8.44. The van der Waals surface area contributed by atoms with Crippen molar-refractivity contribution in [1.82, 2.24) is 9.66 Å². The van der Waals surface area contributed by atoms with Crippen molar-refractivity contribution in [2.24, 2.45) is 5.10 Å². The molecule has 0 spiro atoms. The van der Waals surface area contributed by atoms with E-state index in [9.17, 15) is 4.79 Å². The van der Waals surface area contributed by atoms with Crippen molar-refractivity contribution in [1.29, 1.82) is 0 Å². The summed E-state index contributed by atoms with van der Waals surface area (Å²) in [6, 6.07) is 17.0. The van der Waals surface area contributed by atoms with E-state index in [1.165, 1.54) is 10.2 Å². The molecule has 0 aliphatic carbocycles. The Labute approximate surface area is 223 Å². The van der Waals surface area contributed by atoms with Gasteiger partial charge in [0.05, 0.1) is 24.2 Å². The molecule has 0 radical (unpaired) electrons.